The van der Waals surface area contributed by atoms with Gasteiger partial charge < -0.3 is 13.3 Å². The van der Waals surface area contributed by atoms with Crippen molar-refractivity contribution in [3.8, 4) is 11.5 Å². The molecule has 3 heterocycles. The minimum Gasteiger partial charge on any atom is -0.469 e. The Bertz CT molecular complexity index is 1200. The summed E-state index contributed by atoms with van der Waals surface area (Å²) >= 11 is 1.40. The Hall–Kier alpha value is -2.80. The van der Waals surface area contributed by atoms with Crippen LogP contribution in [0.1, 0.15) is 28.9 Å². The molecule has 0 unspecified atom stereocenters. The molecule has 136 valence electrons. The van der Waals surface area contributed by atoms with Crippen molar-refractivity contribution >= 4 is 22.7 Å². The number of rotatable bonds is 4. The molecule has 27 heavy (non-hydrogen) atoms. The largest absolute Gasteiger partial charge is 0.469 e. The van der Waals surface area contributed by atoms with Gasteiger partial charge in [-0.15, -0.1) is 10.2 Å². The van der Waals surface area contributed by atoms with E-state index in [1.807, 2.05) is 13.0 Å². The van der Waals surface area contributed by atoms with Gasteiger partial charge >= 0.3 is 5.63 Å². The van der Waals surface area contributed by atoms with Gasteiger partial charge in [-0.2, -0.15) is 0 Å². The predicted octanol–water partition coefficient (Wildman–Crippen LogP) is 4.53. The summed E-state index contributed by atoms with van der Waals surface area (Å²) in [5, 5.41) is 9.60. The van der Waals surface area contributed by atoms with E-state index < -0.39 is 0 Å². The van der Waals surface area contributed by atoms with E-state index in [9.17, 15) is 4.79 Å². The maximum atomic E-state index is 12.0. The molecule has 0 amide bonds. The van der Waals surface area contributed by atoms with E-state index in [0.717, 1.165) is 41.5 Å². The van der Waals surface area contributed by atoms with E-state index in [0.29, 0.717) is 22.4 Å². The fourth-order valence-electron chi connectivity index (χ4n) is 3.54. The first-order valence-corrected chi connectivity index (χ1v) is 9.75. The first-order chi connectivity index (χ1) is 13.2. The van der Waals surface area contributed by atoms with Gasteiger partial charge in [0.1, 0.15) is 11.3 Å². The summed E-state index contributed by atoms with van der Waals surface area (Å²) in [6.07, 6.45) is 4.87. The molecule has 0 aliphatic heterocycles. The molecular weight excluding hydrogens is 364 g/mol. The molecule has 0 radical (unpaired) electrons. The average Bonchev–Trinajstić information content (AvgIpc) is 3.37. The van der Waals surface area contributed by atoms with Crippen LogP contribution in [0.4, 0.5) is 0 Å². The highest BCUT2D eigenvalue weighted by Crippen LogP contribution is 2.32. The van der Waals surface area contributed by atoms with Crippen LogP contribution < -0.4 is 5.63 Å². The van der Waals surface area contributed by atoms with E-state index in [-0.39, 0.29) is 5.63 Å². The van der Waals surface area contributed by atoms with E-state index >= 15 is 0 Å². The molecule has 3 aromatic heterocycles. The van der Waals surface area contributed by atoms with E-state index in [2.05, 4.69) is 16.3 Å². The first-order valence-electron chi connectivity index (χ1n) is 8.77. The normalized spacial score (nSPS) is 13.4. The van der Waals surface area contributed by atoms with Crippen molar-refractivity contribution in [3.05, 3.63) is 63.4 Å². The molecule has 0 N–H and O–H groups in total. The summed E-state index contributed by atoms with van der Waals surface area (Å²) in [6.45, 7) is 1.85. The molecule has 4 aromatic rings. The molecule has 6 nitrogen and oxygen atoms in total. The van der Waals surface area contributed by atoms with Crippen LogP contribution in [-0.4, -0.2) is 10.2 Å². The van der Waals surface area contributed by atoms with Crippen LogP contribution in [-0.2, 0) is 18.6 Å². The van der Waals surface area contributed by atoms with Crippen LogP contribution in [0, 0.1) is 6.92 Å². The zero-order valence-corrected chi connectivity index (χ0v) is 15.5. The second kappa shape index (κ2) is 6.42. The zero-order valence-electron chi connectivity index (χ0n) is 14.7. The number of hydrogen-bond acceptors (Lipinski definition) is 7. The van der Waals surface area contributed by atoms with Gasteiger partial charge in [0, 0.05) is 17.2 Å². The number of aryl methyl sites for hydroxylation is 3. The van der Waals surface area contributed by atoms with Crippen molar-refractivity contribution in [1.29, 1.82) is 0 Å². The van der Waals surface area contributed by atoms with Crippen LogP contribution >= 0.6 is 11.8 Å². The highest BCUT2D eigenvalue weighted by Gasteiger charge is 2.17. The summed E-state index contributed by atoms with van der Waals surface area (Å²) < 4.78 is 16.4. The molecule has 1 aromatic carbocycles. The van der Waals surface area contributed by atoms with Gasteiger partial charge in [-0.3, -0.25) is 0 Å². The van der Waals surface area contributed by atoms with E-state index in [1.165, 1.54) is 22.9 Å². The third-order valence-corrected chi connectivity index (χ3v) is 5.76. The second-order valence-electron chi connectivity index (χ2n) is 6.61. The van der Waals surface area contributed by atoms with Gasteiger partial charge in [0.15, 0.2) is 0 Å². The van der Waals surface area contributed by atoms with Gasteiger partial charge in [0.05, 0.1) is 11.8 Å². The Balaban J connectivity index is 1.44. The maximum absolute atomic E-state index is 12.0. The number of aromatic nitrogens is 2. The van der Waals surface area contributed by atoms with Crippen LogP contribution in [0.15, 0.2) is 53.8 Å². The van der Waals surface area contributed by atoms with Gasteiger partial charge in [0.25, 0.3) is 11.1 Å². The van der Waals surface area contributed by atoms with Crippen LogP contribution in [0.5, 0.6) is 0 Å². The summed E-state index contributed by atoms with van der Waals surface area (Å²) in [5.41, 5.74) is 4.65. The molecule has 0 saturated heterocycles. The minimum atomic E-state index is -0.337. The summed E-state index contributed by atoms with van der Waals surface area (Å²) in [4.78, 5) is 12.0. The third-order valence-electron chi connectivity index (χ3n) is 4.89. The molecule has 1 aliphatic carbocycles. The standard InChI is InChI=1S/C20H16N2O4S/c1-11-15(5-6-24-11)19-21-22-20(26-19)27-10-14-9-18(23)25-17-8-13-4-2-3-12(13)7-16(14)17/h5-9H,2-4,10H2,1H3. The Labute approximate surface area is 158 Å². The Morgan fingerprint density at radius 3 is 2.78 bits per heavy atom. The summed E-state index contributed by atoms with van der Waals surface area (Å²) in [6, 6.07) is 7.52. The van der Waals surface area contributed by atoms with Crippen molar-refractivity contribution in [2.24, 2.45) is 0 Å². The van der Waals surface area contributed by atoms with Gasteiger partial charge in [-0.05, 0) is 61.1 Å². The Morgan fingerprint density at radius 2 is 1.96 bits per heavy atom. The number of fused-ring (bicyclic) bond motifs is 2. The molecular formula is C20H16N2O4S. The second-order valence-corrected chi connectivity index (χ2v) is 7.54. The first kappa shape index (κ1) is 16.4. The van der Waals surface area contributed by atoms with E-state index in [4.69, 9.17) is 13.3 Å². The number of furan rings is 1. The molecule has 7 heteroatoms. The third kappa shape index (κ3) is 2.98. The average molecular weight is 380 g/mol. The molecule has 0 spiro atoms. The van der Waals surface area contributed by atoms with Crippen LogP contribution in [0.2, 0.25) is 0 Å². The number of benzene rings is 1. The van der Waals surface area contributed by atoms with Crippen molar-refractivity contribution in [1.82, 2.24) is 10.2 Å². The maximum Gasteiger partial charge on any atom is 0.336 e. The topological polar surface area (TPSA) is 82.3 Å². The SMILES string of the molecule is Cc1occc1-c1nnc(SCc2cc(=O)oc3cc4c(cc23)CCC4)o1. The Kier molecular flexibility index (Phi) is 3.89. The Morgan fingerprint density at radius 1 is 1.11 bits per heavy atom. The van der Waals surface area contributed by atoms with Gasteiger partial charge in [0.2, 0.25) is 0 Å². The number of nitrogens with zero attached hydrogens (tertiary/aromatic N) is 2. The van der Waals surface area contributed by atoms with Crippen molar-refractivity contribution in [2.75, 3.05) is 0 Å². The smallest absolute Gasteiger partial charge is 0.336 e. The van der Waals surface area contributed by atoms with Gasteiger partial charge in [-0.25, -0.2) is 4.79 Å². The molecule has 0 fully saturated rings. The highest BCUT2D eigenvalue weighted by molar-refractivity contribution is 7.98. The fraction of sp³-hybridized carbons (Fsp3) is 0.250. The van der Waals surface area contributed by atoms with E-state index in [1.54, 1.807) is 18.4 Å². The lowest BCUT2D eigenvalue weighted by Crippen LogP contribution is -2.01. The lowest BCUT2D eigenvalue weighted by molar-refractivity contribution is 0.463. The molecule has 0 bridgehead atoms. The summed E-state index contributed by atoms with van der Waals surface area (Å²) in [5.74, 6) is 1.71. The molecule has 0 atom stereocenters. The fourth-order valence-corrected chi connectivity index (χ4v) is 4.29. The number of thioether (sulfide) groups is 1. The monoisotopic (exact) mass is 380 g/mol. The lowest BCUT2D eigenvalue weighted by atomic mass is 10.0. The predicted molar refractivity (Wildman–Crippen MR) is 101 cm³/mol. The highest BCUT2D eigenvalue weighted by atomic mass is 32.2. The van der Waals surface area contributed by atoms with Crippen LogP contribution in [0.3, 0.4) is 0 Å². The van der Waals surface area contributed by atoms with Gasteiger partial charge in [-0.1, -0.05) is 11.8 Å². The zero-order chi connectivity index (χ0) is 18.4. The molecule has 5 rings (SSSR count). The minimum absolute atomic E-state index is 0.337. The summed E-state index contributed by atoms with van der Waals surface area (Å²) in [7, 11) is 0. The van der Waals surface area contributed by atoms with Crippen LogP contribution in [0.25, 0.3) is 22.4 Å². The number of hydrogen-bond donors (Lipinski definition) is 0. The van der Waals surface area contributed by atoms with Crippen molar-refractivity contribution in [2.45, 2.75) is 37.2 Å². The lowest BCUT2D eigenvalue weighted by Gasteiger charge is -2.07. The van der Waals surface area contributed by atoms with Crippen molar-refractivity contribution in [3.63, 3.8) is 0 Å². The molecule has 1 aliphatic rings. The quantitative estimate of drug-likeness (QED) is 0.380. The molecule has 0 saturated carbocycles. The van der Waals surface area contributed by atoms with Crippen molar-refractivity contribution < 1.29 is 13.3 Å².